The second kappa shape index (κ2) is 5.39. The van der Waals surface area contributed by atoms with Gasteiger partial charge >= 0.3 is 0 Å². The van der Waals surface area contributed by atoms with E-state index in [1.807, 2.05) is 25.1 Å². The molecule has 4 heteroatoms. The lowest BCUT2D eigenvalue weighted by Crippen LogP contribution is -2.43. The summed E-state index contributed by atoms with van der Waals surface area (Å²) in [6.07, 6.45) is 0. The van der Waals surface area contributed by atoms with Crippen LogP contribution < -0.4 is 5.32 Å². The van der Waals surface area contributed by atoms with Gasteiger partial charge in [-0.2, -0.15) is 0 Å². The number of aliphatic hydroxyl groups is 1. The highest BCUT2D eigenvalue weighted by atomic mass is 79.9. The maximum Gasteiger partial charge on any atom is 0.0661 e. The normalized spacial score (nSPS) is 14.9. The molecular weight excluding hydrogens is 289 g/mol. The Morgan fingerprint density at radius 3 is 2.56 bits per heavy atom. The maximum atomic E-state index is 9.44. The number of halogens is 2. The van der Waals surface area contributed by atoms with Gasteiger partial charge in [-0.05, 0) is 47.0 Å². The summed E-state index contributed by atoms with van der Waals surface area (Å²) < 4.78 is 0.850. The molecule has 0 spiro atoms. The van der Waals surface area contributed by atoms with Crippen LogP contribution in [-0.4, -0.2) is 17.3 Å². The molecule has 0 aliphatic carbocycles. The fourth-order valence-corrected chi connectivity index (χ4v) is 1.77. The quantitative estimate of drug-likeness (QED) is 0.883. The summed E-state index contributed by atoms with van der Waals surface area (Å²) in [6, 6.07) is 5.65. The highest BCUT2D eigenvalue weighted by molar-refractivity contribution is 9.10. The number of nitrogens with one attached hydrogen (secondary N) is 1. The molecule has 0 saturated heterocycles. The molecule has 2 nitrogen and oxygen atoms in total. The molecule has 0 heterocycles. The predicted molar refractivity (Wildman–Crippen MR) is 73.1 cm³/mol. The third-order valence-electron chi connectivity index (χ3n) is 2.95. The zero-order chi connectivity index (χ0) is 12.3. The van der Waals surface area contributed by atoms with E-state index in [0.29, 0.717) is 10.9 Å². The molecule has 1 aromatic carbocycles. The van der Waals surface area contributed by atoms with E-state index in [1.54, 1.807) is 0 Å². The first kappa shape index (κ1) is 13.8. The second-order valence-electron chi connectivity index (χ2n) is 4.48. The van der Waals surface area contributed by atoms with Crippen LogP contribution in [0.3, 0.4) is 0 Å². The van der Waals surface area contributed by atoms with Crippen LogP contribution in [0.5, 0.6) is 0 Å². The van der Waals surface area contributed by atoms with E-state index in [0.717, 1.165) is 10.2 Å². The van der Waals surface area contributed by atoms with Crippen LogP contribution >= 0.6 is 27.5 Å². The van der Waals surface area contributed by atoms with E-state index in [1.165, 1.54) is 0 Å². The van der Waals surface area contributed by atoms with Gasteiger partial charge in [0.15, 0.2) is 0 Å². The lowest BCUT2D eigenvalue weighted by molar-refractivity contribution is 0.186. The first-order valence-electron chi connectivity index (χ1n) is 5.23. The van der Waals surface area contributed by atoms with Crippen molar-refractivity contribution in [1.82, 2.24) is 0 Å². The van der Waals surface area contributed by atoms with Crippen LogP contribution in [0, 0.1) is 5.92 Å². The third kappa shape index (κ3) is 3.12. The van der Waals surface area contributed by atoms with Gasteiger partial charge in [-0.25, -0.2) is 0 Å². The molecule has 0 aliphatic heterocycles. The van der Waals surface area contributed by atoms with Crippen molar-refractivity contribution in [3.05, 3.63) is 27.7 Å². The molecule has 0 radical (unpaired) electrons. The minimum absolute atomic E-state index is 0.0882. The Balaban J connectivity index is 2.90. The number of aliphatic hydroxyl groups excluding tert-OH is 1. The van der Waals surface area contributed by atoms with Crippen molar-refractivity contribution < 1.29 is 5.11 Å². The maximum absolute atomic E-state index is 9.44. The van der Waals surface area contributed by atoms with Gasteiger partial charge in [0.2, 0.25) is 0 Å². The zero-order valence-electron chi connectivity index (χ0n) is 9.72. The fraction of sp³-hybridized carbons (Fsp3) is 0.500. The number of hydrogen-bond donors (Lipinski definition) is 2. The monoisotopic (exact) mass is 305 g/mol. The van der Waals surface area contributed by atoms with Crippen LogP contribution in [0.1, 0.15) is 20.8 Å². The standard InChI is InChI=1S/C12H17BrClNO/c1-8(2)12(3,7-16)15-9-4-5-11(14)10(13)6-9/h4-6,8,15-16H,7H2,1-3H3. The summed E-state index contributed by atoms with van der Waals surface area (Å²) >= 11 is 9.30. The van der Waals surface area contributed by atoms with Crippen molar-refractivity contribution in [2.45, 2.75) is 26.3 Å². The number of hydrogen-bond acceptors (Lipinski definition) is 2. The van der Waals surface area contributed by atoms with E-state index in [4.69, 9.17) is 11.6 Å². The zero-order valence-corrected chi connectivity index (χ0v) is 12.1. The van der Waals surface area contributed by atoms with E-state index in [9.17, 15) is 5.11 Å². The van der Waals surface area contributed by atoms with E-state index >= 15 is 0 Å². The Morgan fingerprint density at radius 1 is 1.50 bits per heavy atom. The molecule has 0 bridgehead atoms. The highest BCUT2D eigenvalue weighted by Crippen LogP contribution is 2.28. The summed E-state index contributed by atoms with van der Waals surface area (Å²) in [5.74, 6) is 0.326. The van der Waals surface area contributed by atoms with Crippen LogP contribution in [0.2, 0.25) is 5.02 Å². The van der Waals surface area contributed by atoms with Crippen molar-refractivity contribution in [1.29, 1.82) is 0 Å². The van der Waals surface area contributed by atoms with E-state index in [2.05, 4.69) is 35.1 Å². The molecular formula is C12H17BrClNO. The number of anilines is 1. The minimum atomic E-state index is -0.326. The van der Waals surface area contributed by atoms with E-state index < -0.39 is 0 Å². The number of rotatable bonds is 4. The Labute approximate surface area is 110 Å². The molecule has 2 N–H and O–H groups in total. The van der Waals surface area contributed by atoms with Gasteiger partial charge < -0.3 is 10.4 Å². The SMILES string of the molecule is CC(C)C(C)(CO)Nc1ccc(Cl)c(Br)c1. The predicted octanol–water partition coefficient (Wildman–Crippen LogP) is 3.92. The molecule has 0 fully saturated rings. The lowest BCUT2D eigenvalue weighted by atomic mass is 9.89. The van der Waals surface area contributed by atoms with Crippen molar-refractivity contribution in [3.63, 3.8) is 0 Å². The molecule has 1 rings (SSSR count). The van der Waals surface area contributed by atoms with Gasteiger partial charge in [-0.1, -0.05) is 25.4 Å². The van der Waals surface area contributed by atoms with Crippen molar-refractivity contribution in [2.75, 3.05) is 11.9 Å². The van der Waals surface area contributed by atoms with Crippen molar-refractivity contribution in [3.8, 4) is 0 Å². The van der Waals surface area contributed by atoms with Gasteiger partial charge in [-0.3, -0.25) is 0 Å². The molecule has 1 aromatic rings. The molecule has 0 amide bonds. The van der Waals surface area contributed by atoms with Crippen LogP contribution in [0.15, 0.2) is 22.7 Å². The molecule has 0 saturated carbocycles. The minimum Gasteiger partial charge on any atom is -0.394 e. The molecule has 1 atom stereocenters. The average molecular weight is 307 g/mol. The van der Waals surface area contributed by atoms with Gasteiger partial charge in [0, 0.05) is 10.2 Å². The highest BCUT2D eigenvalue weighted by Gasteiger charge is 2.27. The third-order valence-corrected chi connectivity index (χ3v) is 4.17. The summed E-state index contributed by atoms with van der Waals surface area (Å²) in [7, 11) is 0. The van der Waals surface area contributed by atoms with Gasteiger partial charge in [0.25, 0.3) is 0 Å². The molecule has 90 valence electrons. The molecule has 0 aliphatic rings. The van der Waals surface area contributed by atoms with Crippen LogP contribution in [0.4, 0.5) is 5.69 Å². The Hall–Kier alpha value is -0.250. The van der Waals surface area contributed by atoms with E-state index in [-0.39, 0.29) is 12.1 Å². The van der Waals surface area contributed by atoms with Gasteiger partial charge in [0.1, 0.15) is 0 Å². The molecule has 1 unspecified atom stereocenters. The van der Waals surface area contributed by atoms with Crippen LogP contribution in [-0.2, 0) is 0 Å². The largest absolute Gasteiger partial charge is 0.394 e. The summed E-state index contributed by atoms with van der Waals surface area (Å²) in [5.41, 5.74) is 0.620. The Kier molecular flexibility index (Phi) is 4.65. The summed E-state index contributed by atoms with van der Waals surface area (Å²) in [4.78, 5) is 0. The summed E-state index contributed by atoms with van der Waals surface area (Å²) in [6.45, 7) is 6.24. The van der Waals surface area contributed by atoms with Crippen LogP contribution in [0.25, 0.3) is 0 Å². The van der Waals surface area contributed by atoms with Gasteiger partial charge in [-0.15, -0.1) is 0 Å². The second-order valence-corrected chi connectivity index (χ2v) is 5.75. The Bertz CT molecular complexity index is 370. The first-order valence-corrected chi connectivity index (χ1v) is 6.40. The molecule has 16 heavy (non-hydrogen) atoms. The molecule has 0 aromatic heterocycles. The first-order chi connectivity index (χ1) is 7.39. The van der Waals surface area contributed by atoms with Crippen molar-refractivity contribution >= 4 is 33.2 Å². The Morgan fingerprint density at radius 2 is 2.12 bits per heavy atom. The summed E-state index contributed by atoms with van der Waals surface area (Å²) in [5, 5.41) is 13.5. The smallest absolute Gasteiger partial charge is 0.0661 e. The average Bonchev–Trinajstić information content (AvgIpc) is 2.23. The topological polar surface area (TPSA) is 32.3 Å². The number of benzene rings is 1. The van der Waals surface area contributed by atoms with Crippen molar-refractivity contribution in [2.24, 2.45) is 5.92 Å². The fourth-order valence-electron chi connectivity index (χ4n) is 1.27. The van der Waals surface area contributed by atoms with Gasteiger partial charge in [0.05, 0.1) is 17.2 Å². The lowest BCUT2D eigenvalue weighted by Gasteiger charge is -2.34.